The zero-order chi connectivity index (χ0) is 14.1. The molecule has 21 heavy (non-hydrogen) atoms. The zero-order valence-electron chi connectivity index (χ0n) is 12.6. The molecule has 0 radical (unpaired) electrons. The number of hydrogen-bond donors (Lipinski definition) is 1. The number of benzene rings is 2. The number of likely N-dealkylation sites (tertiary alicyclic amines) is 1. The quantitative estimate of drug-likeness (QED) is 0.921. The topological polar surface area (TPSA) is 15.3 Å². The Morgan fingerprint density at radius 2 is 1.67 bits per heavy atom. The molecule has 1 aliphatic heterocycles. The van der Waals surface area contributed by atoms with Crippen molar-refractivity contribution in [1.82, 2.24) is 10.2 Å². The van der Waals surface area contributed by atoms with Crippen LogP contribution in [-0.4, -0.2) is 30.1 Å². The second-order valence-electron chi connectivity index (χ2n) is 6.56. The summed E-state index contributed by atoms with van der Waals surface area (Å²) in [6, 6.07) is 17.0. The van der Waals surface area contributed by atoms with E-state index in [1.165, 1.54) is 55.1 Å². The van der Waals surface area contributed by atoms with Crippen LogP contribution < -0.4 is 5.32 Å². The lowest BCUT2D eigenvalue weighted by molar-refractivity contribution is 0.189. The van der Waals surface area contributed by atoms with Gasteiger partial charge in [0.05, 0.1) is 0 Å². The molecule has 1 saturated heterocycles. The molecule has 4 rings (SSSR count). The lowest BCUT2D eigenvalue weighted by atomic mass is 10.0. The molecule has 1 N–H and O–H groups in total. The van der Waals surface area contributed by atoms with Crippen molar-refractivity contribution >= 4 is 10.8 Å². The molecule has 0 unspecified atom stereocenters. The standard InChI is InChI=1S/C19H24N2/c1-2-7-19-15(4-1)5-3-6-16(19)14-20-17-10-12-21(13-11-17)18-8-9-18/h1-7,17-18,20H,8-14H2. The predicted octanol–water partition coefficient (Wildman–Crippen LogP) is 3.56. The minimum atomic E-state index is 0.693. The van der Waals surface area contributed by atoms with Crippen LogP contribution in [0.25, 0.3) is 10.8 Å². The van der Waals surface area contributed by atoms with Gasteiger partial charge in [0.15, 0.2) is 0 Å². The van der Waals surface area contributed by atoms with E-state index in [4.69, 9.17) is 0 Å². The molecular formula is C19H24N2. The maximum Gasteiger partial charge on any atom is 0.0214 e. The van der Waals surface area contributed by atoms with Crippen molar-refractivity contribution in [3.8, 4) is 0 Å². The van der Waals surface area contributed by atoms with Crippen LogP contribution in [0, 0.1) is 0 Å². The third kappa shape index (κ3) is 2.97. The molecule has 2 aromatic carbocycles. The first-order valence-electron chi connectivity index (χ1n) is 8.34. The van der Waals surface area contributed by atoms with Crippen LogP contribution in [0.2, 0.25) is 0 Å². The second kappa shape index (κ2) is 5.78. The number of fused-ring (bicyclic) bond motifs is 1. The summed E-state index contributed by atoms with van der Waals surface area (Å²) in [5.74, 6) is 0. The van der Waals surface area contributed by atoms with Gasteiger partial charge in [-0.3, -0.25) is 0 Å². The summed E-state index contributed by atoms with van der Waals surface area (Å²) in [6.45, 7) is 3.57. The van der Waals surface area contributed by atoms with Crippen molar-refractivity contribution < 1.29 is 0 Å². The predicted molar refractivity (Wildman–Crippen MR) is 88.4 cm³/mol. The van der Waals surface area contributed by atoms with Crippen LogP contribution in [0.15, 0.2) is 42.5 Å². The van der Waals surface area contributed by atoms with Crippen molar-refractivity contribution in [2.75, 3.05) is 13.1 Å². The molecule has 2 aromatic rings. The molecule has 2 nitrogen and oxygen atoms in total. The van der Waals surface area contributed by atoms with E-state index in [9.17, 15) is 0 Å². The van der Waals surface area contributed by atoms with Crippen molar-refractivity contribution in [2.45, 2.75) is 44.3 Å². The third-order valence-corrected chi connectivity index (χ3v) is 5.05. The van der Waals surface area contributed by atoms with E-state index in [1.54, 1.807) is 0 Å². The molecule has 2 fully saturated rings. The fourth-order valence-corrected chi connectivity index (χ4v) is 3.61. The van der Waals surface area contributed by atoms with E-state index in [2.05, 4.69) is 52.7 Å². The van der Waals surface area contributed by atoms with Gasteiger partial charge in [0.25, 0.3) is 0 Å². The van der Waals surface area contributed by atoms with Gasteiger partial charge in [-0.2, -0.15) is 0 Å². The monoisotopic (exact) mass is 280 g/mol. The highest BCUT2D eigenvalue weighted by Crippen LogP contribution is 2.29. The molecule has 110 valence electrons. The Morgan fingerprint density at radius 3 is 2.48 bits per heavy atom. The summed E-state index contributed by atoms with van der Waals surface area (Å²) in [7, 11) is 0. The first-order valence-corrected chi connectivity index (χ1v) is 8.34. The molecule has 1 saturated carbocycles. The molecule has 0 amide bonds. The first kappa shape index (κ1) is 13.3. The smallest absolute Gasteiger partial charge is 0.0214 e. The molecule has 0 aromatic heterocycles. The molecule has 0 atom stereocenters. The average molecular weight is 280 g/mol. The summed E-state index contributed by atoms with van der Waals surface area (Å²) in [5, 5.41) is 6.52. The fourth-order valence-electron chi connectivity index (χ4n) is 3.61. The summed E-state index contributed by atoms with van der Waals surface area (Å²) in [5.41, 5.74) is 1.43. The van der Waals surface area contributed by atoms with Crippen LogP contribution >= 0.6 is 0 Å². The van der Waals surface area contributed by atoms with Crippen molar-refractivity contribution in [1.29, 1.82) is 0 Å². The normalized spacial score (nSPS) is 21.0. The van der Waals surface area contributed by atoms with E-state index < -0.39 is 0 Å². The number of rotatable bonds is 4. The number of piperidine rings is 1. The van der Waals surface area contributed by atoms with Crippen LogP contribution in [0.4, 0.5) is 0 Å². The van der Waals surface area contributed by atoms with E-state index in [0.29, 0.717) is 6.04 Å². The van der Waals surface area contributed by atoms with Gasteiger partial charge in [0, 0.05) is 18.6 Å². The molecule has 1 aliphatic carbocycles. The van der Waals surface area contributed by atoms with Crippen LogP contribution in [0.1, 0.15) is 31.2 Å². The van der Waals surface area contributed by atoms with Gasteiger partial charge < -0.3 is 10.2 Å². The van der Waals surface area contributed by atoms with Crippen LogP contribution in [0.5, 0.6) is 0 Å². The Morgan fingerprint density at radius 1 is 0.905 bits per heavy atom. The Kier molecular flexibility index (Phi) is 3.66. The third-order valence-electron chi connectivity index (χ3n) is 5.05. The second-order valence-corrected chi connectivity index (χ2v) is 6.56. The van der Waals surface area contributed by atoms with Gasteiger partial charge in [0.1, 0.15) is 0 Å². The highest BCUT2D eigenvalue weighted by Gasteiger charge is 2.31. The highest BCUT2D eigenvalue weighted by atomic mass is 15.2. The summed E-state index contributed by atoms with van der Waals surface area (Å²) >= 11 is 0. The molecular weight excluding hydrogens is 256 g/mol. The maximum absolute atomic E-state index is 3.78. The van der Waals surface area contributed by atoms with Crippen molar-refractivity contribution in [3.63, 3.8) is 0 Å². The number of nitrogens with zero attached hydrogens (tertiary/aromatic N) is 1. The average Bonchev–Trinajstić information content (AvgIpc) is 3.38. The Balaban J connectivity index is 1.37. The first-order chi connectivity index (χ1) is 10.4. The maximum atomic E-state index is 3.78. The fraction of sp³-hybridized carbons (Fsp3) is 0.474. The summed E-state index contributed by atoms with van der Waals surface area (Å²) in [4.78, 5) is 2.69. The van der Waals surface area contributed by atoms with E-state index >= 15 is 0 Å². The van der Waals surface area contributed by atoms with E-state index in [0.717, 1.165) is 12.6 Å². The number of hydrogen-bond acceptors (Lipinski definition) is 2. The van der Waals surface area contributed by atoms with Gasteiger partial charge in [-0.1, -0.05) is 42.5 Å². The van der Waals surface area contributed by atoms with Crippen LogP contribution in [-0.2, 0) is 6.54 Å². The summed E-state index contributed by atoms with van der Waals surface area (Å²) in [6.07, 6.45) is 5.49. The van der Waals surface area contributed by atoms with Gasteiger partial charge in [0.2, 0.25) is 0 Å². The molecule has 0 spiro atoms. The molecule has 2 aliphatic rings. The van der Waals surface area contributed by atoms with Gasteiger partial charge in [-0.15, -0.1) is 0 Å². The minimum Gasteiger partial charge on any atom is -0.310 e. The lowest BCUT2D eigenvalue weighted by Gasteiger charge is -2.32. The van der Waals surface area contributed by atoms with Crippen molar-refractivity contribution in [3.05, 3.63) is 48.0 Å². The summed E-state index contributed by atoms with van der Waals surface area (Å²) < 4.78 is 0. The Hall–Kier alpha value is -1.38. The van der Waals surface area contributed by atoms with Gasteiger partial charge in [-0.25, -0.2) is 0 Å². The number of nitrogens with one attached hydrogen (secondary N) is 1. The van der Waals surface area contributed by atoms with Crippen LogP contribution in [0.3, 0.4) is 0 Å². The largest absolute Gasteiger partial charge is 0.310 e. The van der Waals surface area contributed by atoms with Crippen molar-refractivity contribution in [2.24, 2.45) is 0 Å². The molecule has 0 bridgehead atoms. The minimum absolute atomic E-state index is 0.693. The SMILES string of the molecule is c1ccc2c(CNC3CCN(C4CC4)CC3)cccc2c1. The lowest BCUT2D eigenvalue weighted by Crippen LogP contribution is -2.43. The zero-order valence-corrected chi connectivity index (χ0v) is 12.6. The van der Waals surface area contributed by atoms with Gasteiger partial charge in [-0.05, 0) is 55.1 Å². The highest BCUT2D eigenvalue weighted by molar-refractivity contribution is 5.85. The van der Waals surface area contributed by atoms with E-state index in [1.807, 2.05) is 0 Å². The Bertz CT molecular complexity index is 604. The molecule has 2 heteroatoms. The van der Waals surface area contributed by atoms with Gasteiger partial charge >= 0.3 is 0 Å². The Labute approximate surface area is 127 Å². The van der Waals surface area contributed by atoms with E-state index in [-0.39, 0.29) is 0 Å². The molecule has 1 heterocycles.